The van der Waals surface area contributed by atoms with Gasteiger partial charge in [0, 0.05) is 0 Å². The van der Waals surface area contributed by atoms with Gasteiger partial charge in [0.25, 0.3) is 0 Å². The van der Waals surface area contributed by atoms with Crippen LogP contribution in [0.2, 0.25) is 0 Å². The Balaban J connectivity index is 1.43. The van der Waals surface area contributed by atoms with Gasteiger partial charge in [-0.15, -0.1) is 0 Å². The zero-order chi connectivity index (χ0) is 25.5. The Kier molecular flexibility index (Phi) is 5.24. The normalized spacial score (nSPS) is 11.1. The highest BCUT2D eigenvalue weighted by Gasteiger charge is 2.13. The first-order chi connectivity index (χ1) is 18.8. The Bertz CT molecular complexity index is 2040. The lowest BCUT2D eigenvalue weighted by Gasteiger charge is -2.15. The highest BCUT2D eigenvalue weighted by molar-refractivity contribution is 6.09. The van der Waals surface area contributed by atoms with E-state index < -0.39 is 0 Å². The standard InChI is InChI=1S/C37H23N/c38-24-25-20-30(29-17-16-26-8-1-2-10-28(26)22-29)23-31(21-25)33-18-19-37(36-14-6-5-13-34(33)36)35-15-7-11-27-9-3-4-12-32(27)35/h1-23H. The molecule has 0 N–H and O–H groups in total. The van der Waals surface area contributed by atoms with Gasteiger partial charge in [0.15, 0.2) is 0 Å². The van der Waals surface area contributed by atoms with Crippen LogP contribution in [-0.2, 0) is 0 Å². The molecule has 7 rings (SSSR count). The van der Waals surface area contributed by atoms with Gasteiger partial charge in [-0.05, 0) is 90.0 Å². The van der Waals surface area contributed by atoms with E-state index in [0.29, 0.717) is 5.56 Å². The third kappa shape index (κ3) is 3.72. The summed E-state index contributed by atoms with van der Waals surface area (Å²) < 4.78 is 0. The number of hydrogen-bond acceptors (Lipinski definition) is 1. The molecule has 0 bridgehead atoms. The Hall–Kier alpha value is -5.19. The maximum absolute atomic E-state index is 9.91. The molecule has 7 aromatic carbocycles. The molecule has 0 saturated carbocycles. The molecule has 176 valence electrons. The van der Waals surface area contributed by atoms with Crippen molar-refractivity contribution in [3.05, 3.63) is 145 Å². The molecule has 0 saturated heterocycles. The van der Waals surface area contributed by atoms with Gasteiger partial charge < -0.3 is 0 Å². The second kappa shape index (κ2) is 9.04. The predicted octanol–water partition coefficient (Wildman–Crippen LogP) is 10.0. The van der Waals surface area contributed by atoms with Gasteiger partial charge in [-0.2, -0.15) is 5.26 Å². The number of nitriles is 1. The van der Waals surface area contributed by atoms with Gasteiger partial charge in [-0.1, -0.05) is 115 Å². The molecule has 0 radical (unpaired) electrons. The fourth-order valence-corrected chi connectivity index (χ4v) is 5.63. The van der Waals surface area contributed by atoms with E-state index in [0.717, 1.165) is 22.3 Å². The quantitative estimate of drug-likeness (QED) is 0.246. The summed E-state index contributed by atoms with van der Waals surface area (Å²) in [7, 11) is 0. The first-order valence-electron chi connectivity index (χ1n) is 12.8. The summed E-state index contributed by atoms with van der Waals surface area (Å²) in [6.07, 6.45) is 0. The molecular formula is C37H23N. The first-order valence-corrected chi connectivity index (χ1v) is 12.8. The van der Waals surface area contributed by atoms with E-state index >= 15 is 0 Å². The van der Waals surface area contributed by atoms with E-state index in [4.69, 9.17) is 0 Å². The van der Waals surface area contributed by atoms with E-state index in [1.807, 2.05) is 12.1 Å². The van der Waals surface area contributed by atoms with Crippen LogP contribution in [0.1, 0.15) is 5.56 Å². The van der Waals surface area contributed by atoms with E-state index in [2.05, 4.69) is 133 Å². The molecule has 0 unspecified atom stereocenters. The summed E-state index contributed by atoms with van der Waals surface area (Å²) in [6.45, 7) is 0. The highest BCUT2D eigenvalue weighted by atomic mass is 14.2. The van der Waals surface area contributed by atoms with Crippen molar-refractivity contribution in [3.8, 4) is 39.4 Å². The number of benzene rings is 7. The third-order valence-corrected chi connectivity index (χ3v) is 7.46. The van der Waals surface area contributed by atoms with E-state index in [1.54, 1.807) is 0 Å². The highest BCUT2D eigenvalue weighted by Crippen LogP contribution is 2.39. The van der Waals surface area contributed by atoms with Crippen molar-refractivity contribution in [2.24, 2.45) is 0 Å². The molecule has 0 aliphatic heterocycles. The summed E-state index contributed by atoms with van der Waals surface area (Å²) in [4.78, 5) is 0. The molecule has 0 spiro atoms. The minimum absolute atomic E-state index is 0.660. The van der Waals surface area contributed by atoms with Crippen LogP contribution in [0.15, 0.2) is 140 Å². The van der Waals surface area contributed by atoms with Crippen LogP contribution in [0, 0.1) is 11.3 Å². The van der Waals surface area contributed by atoms with Gasteiger partial charge in [-0.25, -0.2) is 0 Å². The lowest BCUT2D eigenvalue weighted by molar-refractivity contribution is 1.48. The fourth-order valence-electron chi connectivity index (χ4n) is 5.63. The Morgan fingerprint density at radius 2 is 0.974 bits per heavy atom. The molecule has 0 aliphatic carbocycles. The fraction of sp³-hybridized carbons (Fsp3) is 0. The zero-order valence-corrected chi connectivity index (χ0v) is 20.7. The lowest BCUT2D eigenvalue weighted by atomic mass is 9.88. The molecule has 0 atom stereocenters. The number of hydrogen-bond donors (Lipinski definition) is 0. The third-order valence-electron chi connectivity index (χ3n) is 7.46. The molecule has 0 amide bonds. The van der Waals surface area contributed by atoms with Gasteiger partial charge in [0.05, 0.1) is 11.6 Å². The van der Waals surface area contributed by atoms with E-state index in [9.17, 15) is 5.26 Å². The average molecular weight is 482 g/mol. The monoisotopic (exact) mass is 481 g/mol. The molecule has 1 heteroatoms. The lowest BCUT2D eigenvalue weighted by Crippen LogP contribution is -1.89. The van der Waals surface area contributed by atoms with Crippen molar-refractivity contribution >= 4 is 32.3 Å². The summed E-state index contributed by atoms with van der Waals surface area (Å²) in [5.74, 6) is 0. The smallest absolute Gasteiger partial charge is 0.0992 e. The maximum Gasteiger partial charge on any atom is 0.0992 e. The molecule has 0 heterocycles. The van der Waals surface area contributed by atoms with Gasteiger partial charge in [-0.3, -0.25) is 0 Å². The van der Waals surface area contributed by atoms with Gasteiger partial charge in [0.2, 0.25) is 0 Å². The van der Waals surface area contributed by atoms with Crippen molar-refractivity contribution in [2.75, 3.05) is 0 Å². The van der Waals surface area contributed by atoms with Crippen molar-refractivity contribution in [2.45, 2.75) is 0 Å². The Morgan fingerprint density at radius 1 is 0.368 bits per heavy atom. The minimum atomic E-state index is 0.660. The zero-order valence-electron chi connectivity index (χ0n) is 20.7. The minimum Gasteiger partial charge on any atom is -0.192 e. The van der Waals surface area contributed by atoms with E-state index in [1.165, 1.54) is 43.4 Å². The SMILES string of the molecule is N#Cc1cc(-c2ccc3ccccc3c2)cc(-c2ccc(-c3cccc4ccccc34)c3ccccc23)c1. The van der Waals surface area contributed by atoms with Crippen LogP contribution in [0.3, 0.4) is 0 Å². The van der Waals surface area contributed by atoms with Crippen molar-refractivity contribution in [1.82, 2.24) is 0 Å². The van der Waals surface area contributed by atoms with Crippen LogP contribution < -0.4 is 0 Å². The number of nitrogens with zero attached hydrogens (tertiary/aromatic N) is 1. The van der Waals surface area contributed by atoms with E-state index in [-0.39, 0.29) is 0 Å². The molecule has 38 heavy (non-hydrogen) atoms. The van der Waals surface area contributed by atoms with Crippen molar-refractivity contribution in [1.29, 1.82) is 5.26 Å². The van der Waals surface area contributed by atoms with Crippen LogP contribution >= 0.6 is 0 Å². The first kappa shape index (κ1) is 22.0. The number of rotatable bonds is 3. The summed E-state index contributed by atoms with van der Waals surface area (Å²) in [5, 5.41) is 17.2. The average Bonchev–Trinajstić information content (AvgIpc) is 2.99. The molecule has 0 aliphatic rings. The molecule has 7 aromatic rings. The second-order valence-corrected chi connectivity index (χ2v) is 9.71. The number of fused-ring (bicyclic) bond motifs is 3. The maximum atomic E-state index is 9.91. The topological polar surface area (TPSA) is 23.8 Å². The van der Waals surface area contributed by atoms with Crippen LogP contribution in [0.5, 0.6) is 0 Å². The van der Waals surface area contributed by atoms with Gasteiger partial charge >= 0.3 is 0 Å². The second-order valence-electron chi connectivity index (χ2n) is 9.71. The Morgan fingerprint density at radius 3 is 1.79 bits per heavy atom. The molecule has 1 nitrogen and oxygen atoms in total. The van der Waals surface area contributed by atoms with Crippen LogP contribution in [0.4, 0.5) is 0 Å². The molecule has 0 aromatic heterocycles. The predicted molar refractivity (Wildman–Crippen MR) is 160 cm³/mol. The molecular weight excluding hydrogens is 458 g/mol. The molecule has 0 fully saturated rings. The summed E-state index contributed by atoms with van der Waals surface area (Å²) in [6, 6.07) is 51.5. The summed E-state index contributed by atoms with van der Waals surface area (Å²) in [5.41, 5.74) is 7.44. The van der Waals surface area contributed by atoms with Crippen LogP contribution in [0.25, 0.3) is 65.7 Å². The van der Waals surface area contributed by atoms with Crippen LogP contribution in [-0.4, -0.2) is 0 Å². The summed E-state index contributed by atoms with van der Waals surface area (Å²) >= 11 is 0. The van der Waals surface area contributed by atoms with Gasteiger partial charge in [0.1, 0.15) is 0 Å². The van der Waals surface area contributed by atoms with Crippen molar-refractivity contribution in [3.63, 3.8) is 0 Å². The largest absolute Gasteiger partial charge is 0.192 e. The van der Waals surface area contributed by atoms with Crippen molar-refractivity contribution < 1.29 is 0 Å². The Labute approximate surface area is 221 Å².